The van der Waals surface area contributed by atoms with E-state index in [1.165, 1.54) is 0 Å². The van der Waals surface area contributed by atoms with Crippen molar-refractivity contribution in [2.24, 2.45) is 0 Å². The second-order valence-electron chi connectivity index (χ2n) is 0.801. The number of carbonyl (C=O) groups excluding carboxylic acids is 1. The van der Waals surface area contributed by atoms with E-state index < -0.39 is 0 Å². The highest BCUT2D eigenvalue weighted by Gasteiger charge is 1.43. The molecule has 0 fully saturated rings. The van der Waals surface area contributed by atoms with E-state index in [1.807, 2.05) is 0 Å². The van der Waals surface area contributed by atoms with Crippen LogP contribution in [0.25, 0.3) is 0 Å². The zero-order valence-corrected chi connectivity index (χ0v) is 5.06. The molecule has 0 N–H and O–H groups in total. The maximum absolute atomic E-state index is 9.23. The molecule has 0 heterocycles. The Morgan fingerprint density at radius 1 is 1.30 bits per heavy atom. The molecule has 0 rings (SSSR count). The molecule has 10 heavy (non-hydrogen) atoms. The molecule has 58 valence electrons. The Kier molecular flexibility index (Phi) is 107. The van der Waals surface area contributed by atoms with Gasteiger partial charge < -0.3 is 0 Å². The minimum absolute atomic E-state index is 0. The van der Waals surface area contributed by atoms with Crippen molar-refractivity contribution in [2.45, 2.75) is 28.7 Å². The summed E-state index contributed by atoms with van der Waals surface area (Å²) < 4.78 is 0. The van der Waals surface area contributed by atoms with Gasteiger partial charge in [-0.05, 0) is 19.8 Å². The third-order valence-electron chi connectivity index (χ3n) is 0.203. The van der Waals surface area contributed by atoms with Crippen molar-refractivity contribution < 1.29 is 4.79 Å². The third-order valence-corrected chi connectivity index (χ3v) is 0.203. The van der Waals surface area contributed by atoms with Gasteiger partial charge in [-0.25, -0.2) is 0 Å². The monoisotopic (exact) mass is 140 g/mol. The lowest BCUT2D eigenvalue weighted by molar-refractivity contribution is -0.103. The SMILES string of the molecule is C.C.C#CC.CC#CC=O. The lowest BCUT2D eigenvalue weighted by Crippen LogP contribution is -1.51. The average molecular weight is 140 g/mol. The van der Waals surface area contributed by atoms with Crippen LogP contribution in [0.3, 0.4) is 0 Å². The number of carbonyl (C=O) groups is 1. The van der Waals surface area contributed by atoms with Gasteiger partial charge in [-0.3, -0.25) is 4.79 Å². The van der Waals surface area contributed by atoms with Gasteiger partial charge in [0.15, 0.2) is 6.29 Å². The van der Waals surface area contributed by atoms with Gasteiger partial charge in [0, 0.05) is 0 Å². The summed E-state index contributed by atoms with van der Waals surface area (Å²) in [5.41, 5.74) is 0. The van der Waals surface area contributed by atoms with E-state index in [1.54, 1.807) is 13.8 Å². The first-order valence-corrected chi connectivity index (χ1v) is 2.06. The molecule has 1 nitrogen and oxygen atoms in total. The summed E-state index contributed by atoms with van der Waals surface area (Å²) in [5.74, 6) is 6.83. The topological polar surface area (TPSA) is 17.1 Å². The van der Waals surface area contributed by atoms with Crippen molar-refractivity contribution in [2.75, 3.05) is 0 Å². The summed E-state index contributed by atoms with van der Waals surface area (Å²) in [7, 11) is 0. The fourth-order valence-corrected chi connectivity index (χ4v) is 0.0589. The van der Waals surface area contributed by atoms with E-state index in [9.17, 15) is 4.79 Å². The number of hydrogen-bond acceptors (Lipinski definition) is 1. The van der Waals surface area contributed by atoms with Gasteiger partial charge in [0.25, 0.3) is 0 Å². The first kappa shape index (κ1) is 23.2. The Bertz CT molecular complexity index is 129. The summed E-state index contributed by atoms with van der Waals surface area (Å²) in [5, 5.41) is 0. The number of rotatable bonds is 0. The van der Waals surface area contributed by atoms with Crippen LogP contribution in [0.2, 0.25) is 0 Å². The third kappa shape index (κ3) is 365. The van der Waals surface area contributed by atoms with E-state index in [2.05, 4.69) is 24.2 Å². The van der Waals surface area contributed by atoms with Crippen LogP contribution < -0.4 is 0 Å². The quantitative estimate of drug-likeness (QED) is 0.372. The van der Waals surface area contributed by atoms with Crippen LogP contribution in [-0.4, -0.2) is 6.29 Å². The predicted molar refractivity (Wildman–Crippen MR) is 47.5 cm³/mol. The van der Waals surface area contributed by atoms with E-state index in [0.29, 0.717) is 6.29 Å². The maximum atomic E-state index is 9.23. The first-order valence-electron chi connectivity index (χ1n) is 2.06. The number of terminal acetylenes is 1. The standard InChI is InChI=1S/C4H4O.C3H4.2CH4/c1-2-3-4-5;1-3-2;;/h4H,1H3;1H,2H3;2*1H4. The molecule has 0 radical (unpaired) electrons. The second-order valence-corrected chi connectivity index (χ2v) is 0.801. The molecule has 0 aliphatic carbocycles. The van der Waals surface area contributed by atoms with Crippen molar-refractivity contribution >= 4 is 6.29 Å². The molecule has 0 bridgehead atoms. The smallest absolute Gasteiger partial charge is 0.192 e. The van der Waals surface area contributed by atoms with Gasteiger partial charge >= 0.3 is 0 Å². The Morgan fingerprint density at radius 3 is 1.60 bits per heavy atom. The lowest BCUT2D eigenvalue weighted by atomic mass is 10.7. The van der Waals surface area contributed by atoms with Crippen LogP contribution in [0.1, 0.15) is 28.7 Å². The highest BCUT2D eigenvalue weighted by Crippen LogP contribution is 1.37. The summed E-state index contributed by atoms with van der Waals surface area (Å²) in [6.45, 7) is 3.27. The number of aldehydes is 1. The molecule has 0 amide bonds. The van der Waals surface area contributed by atoms with E-state index in [0.717, 1.165) is 0 Å². The normalized spacial score (nSPS) is 2.90. The van der Waals surface area contributed by atoms with Crippen LogP contribution in [0.15, 0.2) is 0 Å². The minimum Gasteiger partial charge on any atom is -0.289 e. The molecule has 0 saturated carbocycles. The molecule has 0 aliphatic rings. The van der Waals surface area contributed by atoms with E-state index >= 15 is 0 Å². The van der Waals surface area contributed by atoms with Gasteiger partial charge in [0.1, 0.15) is 0 Å². The zero-order chi connectivity index (χ0) is 6.83. The highest BCUT2D eigenvalue weighted by molar-refractivity contribution is 5.72. The Labute approximate surface area is 64.8 Å². The molecule has 0 spiro atoms. The maximum Gasteiger partial charge on any atom is 0.192 e. The van der Waals surface area contributed by atoms with Crippen molar-refractivity contribution in [3.05, 3.63) is 0 Å². The molecule has 0 aromatic carbocycles. The fourth-order valence-electron chi connectivity index (χ4n) is 0.0589. The molecule has 0 aromatic heterocycles. The first-order chi connectivity index (χ1) is 3.83. The van der Waals surface area contributed by atoms with Crippen LogP contribution in [0.4, 0.5) is 0 Å². The van der Waals surface area contributed by atoms with Gasteiger partial charge in [0.2, 0.25) is 0 Å². The molecule has 0 aromatic rings. The Morgan fingerprint density at radius 2 is 1.60 bits per heavy atom. The van der Waals surface area contributed by atoms with Gasteiger partial charge in [0.05, 0.1) is 0 Å². The van der Waals surface area contributed by atoms with Crippen molar-refractivity contribution in [3.63, 3.8) is 0 Å². The summed E-state index contributed by atoms with van der Waals surface area (Å²) >= 11 is 0. The largest absolute Gasteiger partial charge is 0.289 e. The van der Waals surface area contributed by atoms with E-state index in [-0.39, 0.29) is 14.9 Å². The minimum atomic E-state index is 0. The molecular weight excluding hydrogens is 124 g/mol. The van der Waals surface area contributed by atoms with E-state index in [4.69, 9.17) is 0 Å². The number of hydrogen-bond donors (Lipinski definition) is 0. The van der Waals surface area contributed by atoms with Crippen molar-refractivity contribution in [1.82, 2.24) is 0 Å². The second kappa shape index (κ2) is 46.1. The fraction of sp³-hybridized carbons (Fsp3) is 0.444. The molecule has 1 heteroatoms. The van der Waals surface area contributed by atoms with Crippen LogP contribution >= 0.6 is 0 Å². The summed E-state index contributed by atoms with van der Waals surface area (Å²) in [6, 6.07) is 0. The predicted octanol–water partition coefficient (Wildman–Crippen LogP) is 2.12. The molecule has 0 unspecified atom stereocenters. The van der Waals surface area contributed by atoms with Crippen LogP contribution in [0, 0.1) is 24.2 Å². The zero-order valence-electron chi connectivity index (χ0n) is 5.06. The van der Waals surface area contributed by atoms with Crippen molar-refractivity contribution in [3.8, 4) is 24.2 Å². The molecule has 0 atom stereocenters. The Balaban J connectivity index is -0.0000000326. The van der Waals surface area contributed by atoms with Crippen molar-refractivity contribution in [1.29, 1.82) is 0 Å². The molecular formula is C9H16O. The summed E-state index contributed by atoms with van der Waals surface area (Å²) in [4.78, 5) is 9.23. The van der Waals surface area contributed by atoms with Crippen LogP contribution in [-0.2, 0) is 4.79 Å². The molecule has 0 aliphatic heterocycles. The van der Waals surface area contributed by atoms with Gasteiger partial charge in [-0.2, -0.15) is 0 Å². The molecule has 0 saturated heterocycles. The summed E-state index contributed by atoms with van der Waals surface area (Å²) in [6.07, 6.45) is 5.17. The lowest BCUT2D eigenvalue weighted by Gasteiger charge is -1.42. The highest BCUT2D eigenvalue weighted by atomic mass is 16.1. The van der Waals surface area contributed by atoms with Crippen LogP contribution in [0.5, 0.6) is 0 Å². The van der Waals surface area contributed by atoms with Gasteiger partial charge in [-0.1, -0.05) is 20.8 Å². The average Bonchev–Trinajstić information content (AvgIpc) is 1.71. The Hall–Kier alpha value is -1.21. The van der Waals surface area contributed by atoms with Gasteiger partial charge in [-0.15, -0.1) is 12.3 Å².